The van der Waals surface area contributed by atoms with Crippen LogP contribution in [0.15, 0.2) is 24.3 Å². The van der Waals surface area contributed by atoms with Crippen molar-refractivity contribution >= 4 is 23.3 Å². The maximum absolute atomic E-state index is 12.1. The van der Waals surface area contributed by atoms with Gasteiger partial charge in [-0.25, -0.2) is 4.79 Å². The molecule has 1 unspecified atom stereocenters. The van der Waals surface area contributed by atoms with Gasteiger partial charge in [0.05, 0.1) is 0 Å². The smallest absolute Gasteiger partial charge is 0.319 e. The number of nitrogens with zero attached hydrogens (tertiary/aromatic N) is 1. The van der Waals surface area contributed by atoms with Gasteiger partial charge in [0.25, 0.3) is 0 Å². The van der Waals surface area contributed by atoms with Crippen LogP contribution in [0.25, 0.3) is 0 Å². The first-order chi connectivity index (χ1) is 11.4. The second-order valence-electron chi connectivity index (χ2n) is 6.20. The molecule has 0 aliphatic carbocycles. The van der Waals surface area contributed by atoms with Crippen LogP contribution in [-0.2, 0) is 4.79 Å². The van der Waals surface area contributed by atoms with Crippen molar-refractivity contribution in [3.8, 4) is 0 Å². The van der Waals surface area contributed by atoms with Gasteiger partial charge in [-0.05, 0) is 38.2 Å². The van der Waals surface area contributed by atoms with Crippen molar-refractivity contribution in [3.05, 3.63) is 24.3 Å². The number of hydrogen-bond donors (Lipinski definition) is 3. The van der Waals surface area contributed by atoms with Crippen molar-refractivity contribution in [2.75, 3.05) is 31.3 Å². The number of amides is 3. The van der Waals surface area contributed by atoms with Crippen molar-refractivity contribution in [3.63, 3.8) is 0 Å². The third-order valence-corrected chi connectivity index (χ3v) is 4.17. The number of likely N-dealkylation sites (N-methyl/N-ethyl adjacent to an activating group) is 1. The van der Waals surface area contributed by atoms with Crippen molar-refractivity contribution in [2.45, 2.75) is 39.7 Å². The summed E-state index contributed by atoms with van der Waals surface area (Å²) < 4.78 is 0. The van der Waals surface area contributed by atoms with E-state index in [1.54, 1.807) is 24.3 Å². The van der Waals surface area contributed by atoms with Gasteiger partial charge in [0.15, 0.2) is 0 Å². The van der Waals surface area contributed by atoms with Crippen LogP contribution in [0, 0.1) is 5.92 Å². The Morgan fingerprint density at radius 2 is 1.67 bits per heavy atom. The standard InChI is InChI=1S/C18H30N4O2/c1-6-14(7-2)17(22(4)5)12-19-18(24)21-16-10-8-9-15(11-16)20-13(3)23/h8-11,14,17H,6-7,12H2,1-5H3,(H,20,23)(H2,19,21,24). The third kappa shape index (κ3) is 6.58. The Kier molecular flexibility index (Phi) is 8.26. The lowest BCUT2D eigenvalue weighted by atomic mass is 9.93. The fourth-order valence-corrected chi connectivity index (χ4v) is 2.85. The highest BCUT2D eigenvalue weighted by Gasteiger charge is 2.21. The summed E-state index contributed by atoms with van der Waals surface area (Å²) in [6.45, 7) is 6.40. The summed E-state index contributed by atoms with van der Waals surface area (Å²) in [5.41, 5.74) is 1.30. The van der Waals surface area contributed by atoms with Crippen LogP contribution in [0.2, 0.25) is 0 Å². The van der Waals surface area contributed by atoms with Crippen LogP contribution in [-0.4, -0.2) is 43.5 Å². The Morgan fingerprint density at radius 1 is 1.08 bits per heavy atom. The van der Waals surface area contributed by atoms with Gasteiger partial charge >= 0.3 is 6.03 Å². The molecule has 0 aliphatic rings. The van der Waals surface area contributed by atoms with Gasteiger partial charge in [-0.15, -0.1) is 0 Å². The molecule has 1 rings (SSSR count). The lowest BCUT2D eigenvalue weighted by Crippen LogP contribution is -2.45. The van der Waals surface area contributed by atoms with Crippen molar-refractivity contribution in [1.29, 1.82) is 0 Å². The Labute approximate surface area is 145 Å². The molecule has 1 aromatic carbocycles. The highest BCUT2D eigenvalue weighted by Crippen LogP contribution is 2.17. The van der Waals surface area contributed by atoms with Crippen LogP contribution in [0.1, 0.15) is 33.6 Å². The third-order valence-electron chi connectivity index (χ3n) is 4.17. The number of anilines is 2. The van der Waals surface area contributed by atoms with Gasteiger partial charge in [-0.2, -0.15) is 0 Å². The first kappa shape index (κ1) is 20.0. The maximum Gasteiger partial charge on any atom is 0.319 e. The second kappa shape index (κ2) is 9.93. The van der Waals surface area contributed by atoms with Gasteiger partial charge in [-0.3, -0.25) is 4.79 Å². The predicted octanol–water partition coefficient (Wildman–Crippen LogP) is 3.13. The Balaban J connectivity index is 2.60. The number of hydrogen-bond acceptors (Lipinski definition) is 3. The number of carbonyl (C=O) groups is 2. The number of benzene rings is 1. The van der Waals surface area contributed by atoms with E-state index in [4.69, 9.17) is 0 Å². The first-order valence-electron chi connectivity index (χ1n) is 8.46. The fraction of sp³-hybridized carbons (Fsp3) is 0.556. The predicted molar refractivity (Wildman–Crippen MR) is 99.3 cm³/mol. The summed E-state index contributed by atoms with van der Waals surface area (Å²) in [5, 5.41) is 8.44. The minimum atomic E-state index is -0.243. The molecule has 0 radical (unpaired) electrons. The topological polar surface area (TPSA) is 73.5 Å². The van der Waals surface area contributed by atoms with E-state index in [0.29, 0.717) is 29.9 Å². The monoisotopic (exact) mass is 334 g/mol. The summed E-state index contributed by atoms with van der Waals surface area (Å²) in [6, 6.07) is 7.14. The highest BCUT2D eigenvalue weighted by molar-refractivity contribution is 5.92. The SMILES string of the molecule is CCC(CC)C(CNC(=O)Nc1cccc(NC(C)=O)c1)N(C)C. The quantitative estimate of drug-likeness (QED) is 0.684. The van der Waals surface area contributed by atoms with Gasteiger partial charge < -0.3 is 20.9 Å². The van der Waals surface area contributed by atoms with Gasteiger partial charge in [0.1, 0.15) is 0 Å². The Morgan fingerprint density at radius 3 is 2.17 bits per heavy atom. The molecule has 0 spiro atoms. The number of nitrogens with one attached hydrogen (secondary N) is 3. The van der Waals surface area contributed by atoms with Crippen molar-refractivity contribution in [2.24, 2.45) is 5.92 Å². The minimum Gasteiger partial charge on any atom is -0.336 e. The van der Waals surface area contributed by atoms with Gasteiger partial charge in [0, 0.05) is 30.9 Å². The fourth-order valence-electron chi connectivity index (χ4n) is 2.85. The molecule has 134 valence electrons. The summed E-state index contributed by atoms with van der Waals surface area (Å²) in [5.74, 6) is 0.402. The summed E-state index contributed by atoms with van der Waals surface area (Å²) in [7, 11) is 4.08. The Hall–Kier alpha value is -2.08. The first-order valence-corrected chi connectivity index (χ1v) is 8.46. The van der Waals surface area contributed by atoms with E-state index in [0.717, 1.165) is 12.8 Å². The van der Waals surface area contributed by atoms with E-state index in [1.807, 2.05) is 14.1 Å². The molecule has 6 heteroatoms. The lowest BCUT2D eigenvalue weighted by molar-refractivity contribution is -0.114. The molecule has 0 saturated carbocycles. The molecular formula is C18H30N4O2. The molecule has 0 aromatic heterocycles. The summed E-state index contributed by atoms with van der Waals surface area (Å²) in [4.78, 5) is 25.4. The van der Waals surface area contributed by atoms with Crippen molar-refractivity contribution in [1.82, 2.24) is 10.2 Å². The van der Waals surface area contributed by atoms with Crippen LogP contribution in [0.3, 0.4) is 0 Å². The lowest BCUT2D eigenvalue weighted by Gasteiger charge is -2.31. The largest absolute Gasteiger partial charge is 0.336 e. The molecule has 1 atom stereocenters. The zero-order chi connectivity index (χ0) is 18.1. The molecule has 3 N–H and O–H groups in total. The van der Waals surface area contributed by atoms with E-state index in [-0.39, 0.29) is 11.9 Å². The Bertz CT molecular complexity index is 542. The molecule has 0 fully saturated rings. The summed E-state index contributed by atoms with van der Waals surface area (Å²) >= 11 is 0. The normalized spacial score (nSPS) is 12.1. The molecule has 0 bridgehead atoms. The zero-order valence-corrected chi connectivity index (χ0v) is 15.3. The molecule has 0 saturated heterocycles. The molecule has 6 nitrogen and oxygen atoms in total. The van der Waals surface area contributed by atoms with E-state index in [1.165, 1.54) is 6.92 Å². The van der Waals surface area contributed by atoms with Crippen LogP contribution < -0.4 is 16.0 Å². The maximum atomic E-state index is 12.1. The molecule has 0 aliphatic heterocycles. The van der Waals surface area contributed by atoms with E-state index < -0.39 is 0 Å². The molecule has 24 heavy (non-hydrogen) atoms. The van der Waals surface area contributed by atoms with Crippen molar-refractivity contribution < 1.29 is 9.59 Å². The van der Waals surface area contributed by atoms with Crippen LogP contribution in [0.4, 0.5) is 16.2 Å². The van der Waals surface area contributed by atoms with E-state index in [2.05, 4.69) is 34.7 Å². The van der Waals surface area contributed by atoms with Crippen LogP contribution >= 0.6 is 0 Å². The summed E-state index contributed by atoms with van der Waals surface area (Å²) in [6.07, 6.45) is 2.17. The minimum absolute atomic E-state index is 0.143. The van der Waals surface area contributed by atoms with Gasteiger partial charge in [-0.1, -0.05) is 32.8 Å². The molecule has 3 amide bonds. The number of rotatable bonds is 8. The average Bonchev–Trinajstić information content (AvgIpc) is 2.50. The zero-order valence-electron chi connectivity index (χ0n) is 15.3. The second-order valence-corrected chi connectivity index (χ2v) is 6.20. The van der Waals surface area contributed by atoms with E-state index >= 15 is 0 Å². The number of carbonyl (C=O) groups excluding carboxylic acids is 2. The average molecular weight is 334 g/mol. The molecule has 1 aromatic rings. The van der Waals surface area contributed by atoms with Gasteiger partial charge in [0.2, 0.25) is 5.91 Å². The van der Waals surface area contributed by atoms with E-state index in [9.17, 15) is 9.59 Å². The molecular weight excluding hydrogens is 304 g/mol. The highest BCUT2D eigenvalue weighted by atomic mass is 16.2. The molecule has 0 heterocycles. The number of urea groups is 1. The van der Waals surface area contributed by atoms with Crippen LogP contribution in [0.5, 0.6) is 0 Å².